The van der Waals surface area contributed by atoms with Gasteiger partial charge in [0.1, 0.15) is 16.7 Å². The minimum Gasteiger partial charge on any atom is -0.495 e. The third-order valence-corrected chi connectivity index (χ3v) is 7.23. The maximum absolute atomic E-state index is 13.8. The topological polar surface area (TPSA) is 125 Å². The van der Waals surface area contributed by atoms with E-state index in [4.69, 9.17) is 19.9 Å². The lowest BCUT2D eigenvalue weighted by molar-refractivity contribution is -0.131. The number of esters is 2. The number of hydrogen-bond donors (Lipinski definition) is 1. The zero-order valence-electron chi connectivity index (χ0n) is 17.6. The first kappa shape index (κ1) is 21.1. The van der Waals surface area contributed by atoms with Crippen LogP contribution >= 0.6 is 11.8 Å². The molecule has 0 aliphatic carbocycles. The van der Waals surface area contributed by atoms with Gasteiger partial charge in [0.2, 0.25) is 11.8 Å². The van der Waals surface area contributed by atoms with Crippen LogP contribution in [0.1, 0.15) is 21.8 Å². The maximum Gasteiger partial charge on any atom is 0.342 e. The molecule has 9 nitrogen and oxygen atoms in total. The smallest absolute Gasteiger partial charge is 0.342 e. The van der Waals surface area contributed by atoms with Gasteiger partial charge in [0.05, 0.1) is 42.0 Å². The summed E-state index contributed by atoms with van der Waals surface area (Å²) in [7, 11) is 2.63. The van der Waals surface area contributed by atoms with E-state index in [2.05, 4.69) is 0 Å². The van der Waals surface area contributed by atoms with Crippen molar-refractivity contribution in [3.63, 3.8) is 0 Å². The van der Waals surface area contributed by atoms with Crippen LogP contribution in [0, 0.1) is 5.92 Å². The number of carbonyl (C=O) groups is 4. The minimum atomic E-state index is -0.884. The first-order valence-corrected chi connectivity index (χ1v) is 10.9. The van der Waals surface area contributed by atoms with E-state index in [1.807, 2.05) is 0 Å². The normalized spacial score (nSPS) is 23.5. The summed E-state index contributed by atoms with van der Waals surface area (Å²) >= 11 is 0.972. The highest BCUT2D eigenvalue weighted by Crippen LogP contribution is 2.55. The molecule has 0 bridgehead atoms. The molecule has 2 aromatic carbocycles. The summed E-state index contributed by atoms with van der Waals surface area (Å²) in [6.07, 6.45) is 0. The van der Waals surface area contributed by atoms with Gasteiger partial charge in [-0.25, -0.2) is 14.5 Å². The predicted octanol–water partition coefficient (Wildman–Crippen LogP) is 1.96. The minimum absolute atomic E-state index is 0.122. The van der Waals surface area contributed by atoms with Crippen molar-refractivity contribution in [2.45, 2.75) is 11.2 Å². The first-order valence-electron chi connectivity index (χ1n) is 9.99. The molecule has 2 N–H and O–H groups in total. The molecule has 0 spiro atoms. The average Bonchev–Trinajstić information content (AvgIpc) is 3.07. The van der Waals surface area contributed by atoms with E-state index in [1.165, 1.54) is 32.4 Å². The molecule has 10 heteroatoms. The van der Waals surface area contributed by atoms with Crippen molar-refractivity contribution in [1.82, 2.24) is 0 Å². The highest BCUT2D eigenvalue weighted by atomic mass is 32.2. The second-order valence-electron chi connectivity index (χ2n) is 7.64. The van der Waals surface area contributed by atoms with Crippen molar-refractivity contribution in [2.75, 3.05) is 19.1 Å². The Morgan fingerprint density at radius 1 is 1.09 bits per heavy atom. The fourth-order valence-corrected chi connectivity index (χ4v) is 5.79. The Morgan fingerprint density at radius 3 is 2.58 bits per heavy atom. The summed E-state index contributed by atoms with van der Waals surface area (Å²) in [5.74, 6) is -3.33. The van der Waals surface area contributed by atoms with Crippen LogP contribution in [0.2, 0.25) is 0 Å². The molecule has 1 fully saturated rings. The Labute approximate surface area is 192 Å². The fourth-order valence-electron chi connectivity index (χ4n) is 4.55. The van der Waals surface area contributed by atoms with Gasteiger partial charge in [-0.1, -0.05) is 30.0 Å². The number of fused-ring (bicyclic) bond motifs is 5. The van der Waals surface area contributed by atoms with Gasteiger partial charge in [-0.05, 0) is 24.3 Å². The van der Waals surface area contributed by atoms with Crippen molar-refractivity contribution in [3.05, 3.63) is 64.2 Å². The fraction of sp³-hybridized carbons (Fsp3) is 0.217. The molecule has 3 aliphatic rings. The first-order chi connectivity index (χ1) is 15.9. The largest absolute Gasteiger partial charge is 0.495 e. The predicted molar refractivity (Wildman–Crippen MR) is 118 cm³/mol. The third-order valence-electron chi connectivity index (χ3n) is 6.00. The summed E-state index contributed by atoms with van der Waals surface area (Å²) < 4.78 is 15.5. The number of hydrogen-bond acceptors (Lipinski definition) is 9. The van der Waals surface area contributed by atoms with Gasteiger partial charge in [-0.3, -0.25) is 9.59 Å². The zero-order chi connectivity index (χ0) is 23.4. The number of nitrogens with two attached hydrogens (primary N) is 1. The van der Waals surface area contributed by atoms with Gasteiger partial charge in [0.25, 0.3) is 0 Å². The molecule has 2 aromatic rings. The summed E-state index contributed by atoms with van der Waals surface area (Å²) in [6.45, 7) is 0. The number of ether oxygens (including phenoxy) is 3. The van der Waals surface area contributed by atoms with E-state index in [9.17, 15) is 19.2 Å². The van der Waals surface area contributed by atoms with Crippen molar-refractivity contribution < 1.29 is 33.4 Å². The van der Waals surface area contributed by atoms with Crippen LogP contribution in [-0.4, -0.2) is 43.2 Å². The number of nitrogens with zero attached hydrogens (tertiary/aromatic N) is 1. The monoisotopic (exact) mass is 466 g/mol. The molecule has 33 heavy (non-hydrogen) atoms. The van der Waals surface area contributed by atoms with Gasteiger partial charge >= 0.3 is 11.9 Å². The molecule has 5 rings (SSSR count). The summed E-state index contributed by atoms with van der Waals surface area (Å²) in [6, 6.07) is 11.2. The molecule has 0 radical (unpaired) electrons. The molecule has 3 atom stereocenters. The quantitative estimate of drug-likeness (QED) is 0.410. The summed E-state index contributed by atoms with van der Waals surface area (Å²) in [5.41, 5.74) is 7.27. The van der Waals surface area contributed by atoms with Crippen LogP contribution in [0.4, 0.5) is 5.69 Å². The second-order valence-corrected chi connectivity index (χ2v) is 8.82. The SMILES string of the molecule is COC(=O)c1ccc(OC)c(N2C(=O)[C@@H]3[C@H](SC(N)=C4C(=O)Oc5ccccc5[C@H]43)C2=O)c1. The Kier molecular flexibility index (Phi) is 4.89. The number of para-hydroxylation sites is 1. The maximum atomic E-state index is 13.8. The number of imide groups is 1. The lowest BCUT2D eigenvalue weighted by Crippen LogP contribution is -2.39. The molecular weight excluding hydrogens is 448 g/mol. The van der Waals surface area contributed by atoms with Gasteiger partial charge in [0, 0.05) is 11.5 Å². The van der Waals surface area contributed by atoms with Crippen LogP contribution in [-0.2, 0) is 19.1 Å². The molecule has 0 saturated carbocycles. The molecule has 0 unspecified atom stereocenters. The van der Waals surface area contributed by atoms with Crippen molar-refractivity contribution in [2.24, 2.45) is 11.7 Å². The van der Waals surface area contributed by atoms with Crippen LogP contribution in [0.5, 0.6) is 11.5 Å². The summed E-state index contributed by atoms with van der Waals surface area (Å²) in [4.78, 5) is 53.1. The molecule has 1 saturated heterocycles. The molecule has 2 amide bonds. The van der Waals surface area contributed by atoms with E-state index in [0.717, 1.165) is 16.7 Å². The van der Waals surface area contributed by atoms with Crippen LogP contribution < -0.4 is 20.1 Å². The lowest BCUT2D eigenvalue weighted by atomic mass is 9.77. The standard InChI is InChI=1S/C23H18N2O7S/c1-30-14-8-7-10(22(28)31-2)9-12(14)25-20(26)16-15-11-5-3-4-6-13(11)32-23(29)17(15)19(24)33-18(16)21(25)27/h3-9,15-16,18H,24H2,1-2H3/t15-,16-,18-/m0/s1. The number of methoxy groups -OCH3 is 2. The van der Waals surface area contributed by atoms with E-state index < -0.39 is 40.8 Å². The number of rotatable bonds is 3. The molecule has 0 aromatic heterocycles. The Balaban J connectivity index is 1.65. The zero-order valence-corrected chi connectivity index (χ0v) is 18.4. The highest BCUT2D eigenvalue weighted by molar-refractivity contribution is 8.04. The average molecular weight is 466 g/mol. The number of thioether (sulfide) groups is 1. The number of amides is 2. The van der Waals surface area contributed by atoms with Crippen molar-refractivity contribution in [3.8, 4) is 11.5 Å². The Morgan fingerprint density at radius 2 is 1.85 bits per heavy atom. The molecule has 3 aliphatic heterocycles. The molecular formula is C23H18N2O7S. The Hall–Kier alpha value is -3.79. The summed E-state index contributed by atoms with van der Waals surface area (Å²) in [5, 5.41) is -0.698. The number of benzene rings is 2. The van der Waals surface area contributed by atoms with Gasteiger partial charge in [-0.2, -0.15) is 0 Å². The van der Waals surface area contributed by atoms with Crippen molar-refractivity contribution in [1.29, 1.82) is 0 Å². The van der Waals surface area contributed by atoms with E-state index in [1.54, 1.807) is 24.3 Å². The number of carbonyl (C=O) groups excluding carboxylic acids is 4. The second kappa shape index (κ2) is 7.66. The van der Waals surface area contributed by atoms with E-state index in [-0.39, 0.29) is 27.6 Å². The van der Waals surface area contributed by atoms with Crippen LogP contribution in [0.15, 0.2) is 53.1 Å². The third kappa shape index (κ3) is 3.01. The van der Waals surface area contributed by atoms with E-state index in [0.29, 0.717) is 11.3 Å². The Bertz CT molecular complexity index is 1270. The van der Waals surface area contributed by atoms with Crippen molar-refractivity contribution >= 4 is 41.2 Å². The van der Waals surface area contributed by atoms with Crippen LogP contribution in [0.3, 0.4) is 0 Å². The van der Waals surface area contributed by atoms with Gasteiger partial charge in [0.15, 0.2) is 0 Å². The lowest BCUT2D eigenvalue weighted by Gasteiger charge is -2.36. The van der Waals surface area contributed by atoms with Gasteiger partial charge in [-0.15, -0.1) is 0 Å². The van der Waals surface area contributed by atoms with Crippen LogP contribution in [0.25, 0.3) is 0 Å². The van der Waals surface area contributed by atoms with E-state index >= 15 is 0 Å². The molecule has 168 valence electrons. The highest BCUT2D eigenvalue weighted by Gasteiger charge is 2.59. The number of anilines is 1. The van der Waals surface area contributed by atoms with Gasteiger partial charge < -0.3 is 19.9 Å². The molecule has 3 heterocycles.